The number of hydrogen-bond donors (Lipinski definition) is 3. The molecule has 1 atom stereocenters. The van der Waals surface area contributed by atoms with Gasteiger partial charge in [-0.25, -0.2) is 0 Å². The number of hydrogen-bond acceptors (Lipinski definition) is 7. The lowest BCUT2D eigenvalue weighted by molar-refractivity contribution is -0.109. The molecular weight excluding hydrogens is 500 g/mol. The van der Waals surface area contributed by atoms with Crippen LogP contribution in [0.1, 0.15) is 79.7 Å². The van der Waals surface area contributed by atoms with Gasteiger partial charge in [-0.1, -0.05) is 70.5 Å². The summed E-state index contributed by atoms with van der Waals surface area (Å²) < 4.78 is 10.00. The molecule has 8 heteroatoms. The number of phenols is 1. The molecule has 0 spiro atoms. The highest BCUT2D eigenvalue weighted by Crippen LogP contribution is 2.38. The first-order chi connectivity index (χ1) is 18.3. The van der Waals surface area contributed by atoms with E-state index in [4.69, 9.17) is 15.2 Å². The molecule has 0 fully saturated rings. The molecule has 0 saturated carbocycles. The molecule has 0 saturated heterocycles. The fourth-order valence-corrected chi connectivity index (χ4v) is 4.44. The Balaban J connectivity index is 0.000000530. The quantitative estimate of drug-likeness (QED) is 0.295. The van der Waals surface area contributed by atoms with Crippen LogP contribution < -0.4 is 20.5 Å². The number of methoxy groups -OCH3 is 2. The Morgan fingerprint density at radius 1 is 1.08 bits per heavy atom. The molecule has 38 heavy (non-hydrogen) atoms. The van der Waals surface area contributed by atoms with Gasteiger partial charge < -0.3 is 25.6 Å². The van der Waals surface area contributed by atoms with Crippen molar-refractivity contribution < 1.29 is 24.2 Å². The van der Waals surface area contributed by atoms with E-state index in [-0.39, 0.29) is 17.3 Å². The predicted molar refractivity (Wildman–Crippen MR) is 159 cm³/mol. The van der Waals surface area contributed by atoms with Crippen molar-refractivity contribution in [2.24, 2.45) is 0 Å². The van der Waals surface area contributed by atoms with Crippen molar-refractivity contribution in [1.29, 1.82) is 0 Å². The lowest BCUT2D eigenvalue weighted by Crippen LogP contribution is -2.10. The molecule has 4 N–H and O–H groups in total. The Bertz CT molecular complexity index is 1080. The van der Waals surface area contributed by atoms with E-state index >= 15 is 0 Å². The normalized spacial score (nSPS) is 12.7. The van der Waals surface area contributed by atoms with Gasteiger partial charge in [-0.05, 0) is 48.6 Å². The molecular formula is C30H44N2O5S. The molecule has 1 aliphatic rings. The van der Waals surface area contributed by atoms with Gasteiger partial charge in [0, 0.05) is 13.0 Å². The van der Waals surface area contributed by atoms with Gasteiger partial charge in [0.25, 0.3) is 0 Å². The van der Waals surface area contributed by atoms with Crippen LogP contribution in [0.5, 0.6) is 17.2 Å². The summed E-state index contributed by atoms with van der Waals surface area (Å²) in [6, 6.07) is 15.4. The van der Waals surface area contributed by atoms with Gasteiger partial charge in [-0.3, -0.25) is 9.59 Å². The first kappa shape index (κ1) is 34.5. The first-order valence-corrected chi connectivity index (χ1v) is 13.7. The summed E-state index contributed by atoms with van der Waals surface area (Å²) in [5.74, 6) is 1.48. The molecule has 7 nitrogen and oxygen atoms in total. The van der Waals surface area contributed by atoms with Gasteiger partial charge in [-0.2, -0.15) is 0 Å². The maximum Gasteiger partial charge on any atom is 0.207 e. The molecule has 1 unspecified atom stereocenters. The number of fused-ring (bicyclic) bond motifs is 1. The fourth-order valence-electron chi connectivity index (χ4n) is 3.42. The third-order valence-corrected chi connectivity index (χ3v) is 6.24. The number of rotatable bonds is 5. The molecule has 1 aromatic heterocycles. The first-order valence-electron chi connectivity index (χ1n) is 12.9. The van der Waals surface area contributed by atoms with Gasteiger partial charge in [0.05, 0.1) is 24.1 Å². The molecule has 0 aliphatic heterocycles. The van der Waals surface area contributed by atoms with E-state index in [0.717, 1.165) is 27.4 Å². The van der Waals surface area contributed by atoms with E-state index in [0.29, 0.717) is 31.0 Å². The second kappa shape index (κ2) is 19.6. The highest BCUT2D eigenvalue weighted by Gasteiger charge is 2.24. The molecule has 2 aromatic carbocycles. The zero-order valence-electron chi connectivity index (χ0n) is 24.0. The number of amides is 1. The number of carbonyl (C=O) groups excluding carboxylic acids is 2. The maximum absolute atomic E-state index is 11.4. The second-order valence-corrected chi connectivity index (χ2v) is 8.88. The van der Waals surface area contributed by atoms with Crippen LogP contribution in [0.2, 0.25) is 0 Å². The van der Waals surface area contributed by atoms with Gasteiger partial charge in [0.2, 0.25) is 12.2 Å². The number of phenolic OH excluding ortho intramolecular Hbond substituents is 1. The van der Waals surface area contributed by atoms with Crippen LogP contribution in [0.15, 0.2) is 48.5 Å². The van der Waals surface area contributed by atoms with Crippen molar-refractivity contribution in [3.63, 3.8) is 0 Å². The van der Waals surface area contributed by atoms with E-state index in [1.54, 1.807) is 6.07 Å². The number of aryl methyl sites for hydroxylation is 1. The van der Waals surface area contributed by atoms with Crippen LogP contribution in [0.4, 0.5) is 5.00 Å². The number of nitrogens with two attached hydrogens (primary N) is 1. The van der Waals surface area contributed by atoms with E-state index in [2.05, 4.69) is 31.3 Å². The molecule has 0 radical (unpaired) electrons. The summed E-state index contributed by atoms with van der Waals surface area (Å²) in [7, 11) is 2.93. The zero-order valence-corrected chi connectivity index (χ0v) is 24.8. The summed E-state index contributed by atoms with van der Waals surface area (Å²) in [5.41, 5.74) is 8.87. The summed E-state index contributed by atoms with van der Waals surface area (Å²) in [6.45, 7) is 12.6. The number of aromatic hydroxyl groups is 1. The second-order valence-electron chi connectivity index (χ2n) is 7.80. The van der Waals surface area contributed by atoms with Crippen LogP contribution in [0.25, 0.3) is 0 Å². The Hall–Kier alpha value is -3.52. The Morgan fingerprint density at radius 2 is 1.71 bits per heavy atom. The van der Waals surface area contributed by atoms with E-state index in [1.165, 1.54) is 37.2 Å². The van der Waals surface area contributed by atoms with Crippen molar-refractivity contribution in [3.05, 3.63) is 70.1 Å². The highest BCUT2D eigenvalue weighted by molar-refractivity contribution is 7.18. The van der Waals surface area contributed by atoms with E-state index < -0.39 is 0 Å². The number of thiophene rings is 1. The number of Topliss-reactive ketones (excluding diaryl/α,β-unsaturated/α-hetero) is 1. The fraction of sp³-hybridized carbons (Fsp3) is 0.400. The monoisotopic (exact) mass is 544 g/mol. The van der Waals surface area contributed by atoms with Gasteiger partial charge in [0.1, 0.15) is 0 Å². The van der Waals surface area contributed by atoms with Crippen LogP contribution >= 0.6 is 11.3 Å². The molecule has 4 rings (SSSR count). The summed E-state index contributed by atoms with van der Waals surface area (Å²) >= 11 is 1.43. The zero-order chi connectivity index (χ0) is 29.1. The minimum atomic E-state index is -0.0143. The maximum atomic E-state index is 11.4. The summed E-state index contributed by atoms with van der Waals surface area (Å²) in [6.07, 6.45) is 2.25. The smallest absolute Gasteiger partial charge is 0.207 e. The standard InChI is InChI=1S/C10H13NO4.C9H11NOS.C7H8.2C2H6/c1-14-9-4-7(5-11-6-12)3-8(13)10(9)15-2;1-5-2-3-7(11)9-6(5)4-8(10)12-9;1-7-5-3-2-4-6-7;2*1-2/h3-4,6,13H,5H2,1-2H3,(H,11,12);4-5H,2-3,10H2,1H3;2-6H,1H3;2*1-2H3. The van der Waals surface area contributed by atoms with Crippen LogP contribution in [-0.4, -0.2) is 31.5 Å². The molecule has 210 valence electrons. The molecule has 1 amide bonds. The van der Waals surface area contributed by atoms with Gasteiger partial charge >= 0.3 is 0 Å². The van der Waals surface area contributed by atoms with E-state index in [1.807, 2.05) is 52.0 Å². The third-order valence-electron chi connectivity index (χ3n) is 5.22. The van der Waals surface area contributed by atoms with E-state index in [9.17, 15) is 14.7 Å². The molecule has 3 aromatic rings. The molecule has 0 bridgehead atoms. The van der Waals surface area contributed by atoms with Crippen molar-refractivity contribution in [2.45, 2.75) is 66.8 Å². The number of ketones is 1. The predicted octanol–water partition coefficient (Wildman–Crippen LogP) is 7.11. The third kappa shape index (κ3) is 11.3. The average Bonchev–Trinajstić information content (AvgIpc) is 3.35. The van der Waals surface area contributed by atoms with Crippen molar-refractivity contribution in [2.75, 3.05) is 20.0 Å². The molecule has 1 aliphatic carbocycles. The number of anilines is 1. The van der Waals surface area contributed by atoms with Crippen molar-refractivity contribution in [3.8, 4) is 17.2 Å². The topological polar surface area (TPSA) is 111 Å². The van der Waals surface area contributed by atoms with Crippen LogP contribution in [0, 0.1) is 6.92 Å². The summed E-state index contributed by atoms with van der Waals surface area (Å²) in [5, 5.41) is 12.8. The Kier molecular flexibility index (Phi) is 17.8. The number of carbonyl (C=O) groups is 2. The average molecular weight is 545 g/mol. The Labute approximate surface area is 232 Å². The highest BCUT2D eigenvalue weighted by atomic mass is 32.1. The number of nitrogens with one attached hydrogen (secondary N) is 1. The minimum Gasteiger partial charge on any atom is -0.504 e. The van der Waals surface area contributed by atoms with Crippen LogP contribution in [0.3, 0.4) is 0 Å². The number of nitrogen functional groups attached to an aromatic ring is 1. The van der Waals surface area contributed by atoms with Crippen LogP contribution in [-0.2, 0) is 11.3 Å². The van der Waals surface area contributed by atoms with Gasteiger partial charge in [-0.15, -0.1) is 11.3 Å². The lowest BCUT2D eigenvalue weighted by atomic mass is 9.89. The van der Waals surface area contributed by atoms with Crippen molar-refractivity contribution in [1.82, 2.24) is 5.32 Å². The van der Waals surface area contributed by atoms with Gasteiger partial charge in [0.15, 0.2) is 17.3 Å². The number of benzene rings is 2. The Morgan fingerprint density at radius 3 is 2.18 bits per heavy atom. The minimum absolute atomic E-state index is 0.0143. The lowest BCUT2D eigenvalue weighted by Gasteiger charge is -2.16. The number of ether oxygens (including phenoxy) is 2. The largest absolute Gasteiger partial charge is 0.504 e. The molecule has 1 heterocycles. The van der Waals surface area contributed by atoms with Crippen molar-refractivity contribution >= 4 is 28.5 Å². The summed E-state index contributed by atoms with van der Waals surface area (Å²) in [4.78, 5) is 22.4. The SMILES string of the molecule is CC.CC.CC1CCC(=O)c2sc(N)cc21.COc1cc(CNC=O)cc(O)c1OC.Cc1ccccc1.